The number of hydrogen-bond acceptors (Lipinski definition) is 3. The van der Waals surface area contributed by atoms with Crippen LogP contribution < -0.4 is 15.2 Å². The minimum atomic E-state index is -0.0719. The van der Waals surface area contributed by atoms with Crippen LogP contribution in [0.15, 0.2) is 12.1 Å². The number of nitrogens with two attached hydrogens (primary N) is 1. The Morgan fingerprint density at radius 3 is 2.12 bits per heavy atom. The van der Waals surface area contributed by atoms with Crippen LogP contribution in [0, 0.1) is 0 Å². The molecular weight excluding hydrogens is 238 g/mol. The third-order valence-corrected chi connectivity index (χ3v) is 2.83. The summed E-state index contributed by atoms with van der Waals surface area (Å²) in [5.74, 6) is 1.38. The van der Waals surface area contributed by atoms with Crippen molar-refractivity contribution in [1.29, 1.82) is 0 Å². The molecule has 0 aliphatic carbocycles. The average Bonchev–Trinajstić information content (AvgIpc) is 2.32. The monoisotopic (exact) mass is 257 g/mol. The molecule has 0 aromatic heterocycles. The second-order valence-electron chi connectivity index (χ2n) is 3.70. The lowest BCUT2D eigenvalue weighted by atomic mass is 10.0. The van der Waals surface area contributed by atoms with Gasteiger partial charge in [-0.15, -0.1) is 0 Å². The van der Waals surface area contributed by atoms with Gasteiger partial charge in [-0.25, -0.2) is 0 Å². The van der Waals surface area contributed by atoms with Gasteiger partial charge in [0, 0.05) is 17.1 Å². The Hall–Kier alpha value is -0.930. The van der Waals surface area contributed by atoms with Crippen LogP contribution in [0.3, 0.4) is 0 Å². The van der Waals surface area contributed by atoms with Crippen molar-refractivity contribution >= 4 is 11.6 Å². The normalized spacial score (nSPS) is 12.3. The van der Waals surface area contributed by atoms with Crippen molar-refractivity contribution in [2.75, 3.05) is 13.2 Å². The summed E-state index contributed by atoms with van der Waals surface area (Å²) in [6.07, 6.45) is 0.833. The fourth-order valence-electron chi connectivity index (χ4n) is 1.59. The number of ether oxygens (including phenoxy) is 2. The first-order chi connectivity index (χ1) is 8.13. The maximum atomic E-state index is 6.20. The maximum absolute atomic E-state index is 6.20. The largest absolute Gasteiger partial charge is 0.490 e. The molecule has 3 nitrogen and oxygen atoms in total. The SMILES string of the molecule is CCOc1cc(Cl)c(C(N)CC)cc1OCC. The Balaban J connectivity index is 3.14. The van der Waals surface area contributed by atoms with Crippen LogP contribution in [0.25, 0.3) is 0 Å². The minimum Gasteiger partial charge on any atom is -0.490 e. The first kappa shape index (κ1) is 14.1. The zero-order valence-electron chi connectivity index (χ0n) is 10.6. The van der Waals surface area contributed by atoms with Gasteiger partial charge in [0.1, 0.15) is 0 Å². The molecule has 1 rings (SSSR count). The summed E-state index contributed by atoms with van der Waals surface area (Å²) in [7, 11) is 0. The lowest BCUT2D eigenvalue weighted by Crippen LogP contribution is -2.10. The number of halogens is 1. The van der Waals surface area contributed by atoms with E-state index in [-0.39, 0.29) is 6.04 Å². The van der Waals surface area contributed by atoms with Gasteiger partial charge in [0.15, 0.2) is 11.5 Å². The van der Waals surface area contributed by atoms with Crippen LogP contribution in [0.2, 0.25) is 5.02 Å². The van der Waals surface area contributed by atoms with E-state index in [1.54, 1.807) is 6.07 Å². The molecule has 1 unspecified atom stereocenters. The molecule has 0 bridgehead atoms. The van der Waals surface area contributed by atoms with Gasteiger partial charge in [-0.2, -0.15) is 0 Å². The number of hydrogen-bond donors (Lipinski definition) is 1. The minimum absolute atomic E-state index is 0.0719. The molecule has 0 saturated carbocycles. The van der Waals surface area contributed by atoms with Crippen molar-refractivity contribution in [3.8, 4) is 11.5 Å². The van der Waals surface area contributed by atoms with E-state index in [1.807, 2.05) is 26.8 Å². The molecule has 0 aliphatic rings. The van der Waals surface area contributed by atoms with Crippen LogP contribution >= 0.6 is 11.6 Å². The van der Waals surface area contributed by atoms with E-state index in [9.17, 15) is 0 Å². The van der Waals surface area contributed by atoms with Gasteiger partial charge in [-0.1, -0.05) is 18.5 Å². The highest BCUT2D eigenvalue weighted by Gasteiger charge is 2.14. The first-order valence-electron chi connectivity index (χ1n) is 5.98. The van der Waals surface area contributed by atoms with E-state index >= 15 is 0 Å². The number of benzene rings is 1. The summed E-state index contributed by atoms with van der Waals surface area (Å²) in [5, 5.41) is 0.631. The van der Waals surface area contributed by atoms with Crippen molar-refractivity contribution in [3.05, 3.63) is 22.7 Å². The quantitative estimate of drug-likeness (QED) is 0.848. The second-order valence-corrected chi connectivity index (χ2v) is 4.11. The standard InChI is InChI=1S/C13H20ClNO2/c1-4-11(15)9-7-12(16-5-2)13(17-6-3)8-10(9)14/h7-8,11H,4-6,15H2,1-3H3. The van der Waals surface area contributed by atoms with Crippen LogP contribution in [0.5, 0.6) is 11.5 Å². The van der Waals surface area contributed by atoms with Gasteiger partial charge < -0.3 is 15.2 Å². The summed E-state index contributed by atoms with van der Waals surface area (Å²) in [5.41, 5.74) is 6.91. The summed E-state index contributed by atoms with van der Waals surface area (Å²) in [4.78, 5) is 0. The molecule has 0 fully saturated rings. The molecule has 0 aliphatic heterocycles. The van der Waals surface area contributed by atoms with E-state index in [4.69, 9.17) is 26.8 Å². The Morgan fingerprint density at radius 2 is 1.65 bits per heavy atom. The molecule has 0 spiro atoms. The summed E-state index contributed by atoms with van der Waals surface area (Å²) >= 11 is 6.20. The predicted molar refractivity (Wildman–Crippen MR) is 71.0 cm³/mol. The molecule has 2 N–H and O–H groups in total. The molecule has 1 aromatic carbocycles. The van der Waals surface area contributed by atoms with E-state index in [2.05, 4.69) is 0 Å². The molecule has 1 aromatic rings. The van der Waals surface area contributed by atoms with Gasteiger partial charge in [0.2, 0.25) is 0 Å². The average molecular weight is 258 g/mol. The lowest BCUT2D eigenvalue weighted by molar-refractivity contribution is 0.287. The predicted octanol–water partition coefficient (Wildman–Crippen LogP) is 3.55. The highest BCUT2D eigenvalue weighted by molar-refractivity contribution is 6.31. The van der Waals surface area contributed by atoms with Gasteiger partial charge in [-0.05, 0) is 31.9 Å². The molecule has 0 heterocycles. The smallest absolute Gasteiger partial charge is 0.162 e. The highest BCUT2D eigenvalue weighted by atomic mass is 35.5. The molecular formula is C13H20ClNO2. The van der Waals surface area contributed by atoms with Crippen molar-refractivity contribution in [3.63, 3.8) is 0 Å². The fraction of sp³-hybridized carbons (Fsp3) is 0.538. The number of rotatable bonds is 6. The van der Waals surface area contributed by atoms with Gasteiger partial charge in [0.25, 0.3) is 0 Å². The second kappa shape index (κ2) is 6.72. The maximum Gasteiger partial charge on any atom is 0.162 e. The van der Waals surface area contributed by atoms with E-state index in [0.29, 0.717) is 29.7 Å². The van der Waals surface area contributed by atoms with Gasteiger partial charge in [-0.3, -0.25) is 0 Å². The van der Waals surface area contributed by atoms with Gasteiger partial charge in [0.05, 0.1) is 13.2 Å². The van der Waals surface area contributed by atoms with Crippen LogP contribution in [-0.4, -0.2) is 13.2 Å². The van der Waals surface area contributed by atoms with Crippen LogP contribution in [-0.2, 0) is 0 Å². The Bertz CT molecular complexity index is 369. The van der Waals surface area contributed by atoms with Crippen molar-refractivity contribution < 1.29 is 9.47 Å². The van der Waals surface area contributed by atoms with Gasteiger partial charge >= 0.3 is 0 Å². The molecule has 96 valence electrons. The van der Waals surface area contributed by atoms with Crippen LogP contribution in [0.1, 0.15) is 38.8 Å². The molecule has 0 amide bonds. The van der Waals surface area contributed by atoms with Crippen LogP contribution in [0.4, 0.5) is 0 Å². The molecule has 0 radical (unpaired) electrons. The lowest BCUT2D eigenvalue weighted by Gasteiger charge is -2.17. The van der Waals surface area contributed by atoms with Crippen molar-refractivity contribution in [2.45, 2.75) is 33.2 Å². The Kier molecular flexibility index (Phi) is 5.59. The summed E-state index contributed by atoms with van der Waals surface area (Å²) in [6, 6.07) is 3.59. The Morgan fingerprint density at radius 1 is 1.12 bits per heavy atom. The van der Waals surface area contributed by atoms with E-state index < -0.39 is 0 Å². The Labute approximate surface area is 108 Å². The third-order valence-electron chi connectivity index (χ3n) is 2.50. The molecule has 4 heteroatoms. The summed E-state index contributed by atoms with van der Waals surface area (Å²) in [6.45, 7) is 7.05. The van der Waals surface area contributed by atoms with Crippen molar-refractivity contribution in [2.24, 2.45) is 5.73 Å². The molecule has 0 saturated heterocycles. The fourth-order valence-corrected chi connectivity index (χ4v) is 1.89. The van der Waals surface area contributed by atoms with Crippen molar-refractivity contribution in [1.82, 2.24) is 0 Å². The first-order valence-corrected chi connectivity index (χ1v) is 6.36. The zero-order chi connectivity index (χ0) is 12.8. The highest BCUT2D eigenvalue weighted by Crippen LogP contribution is 2.36. The van der Waals surface area contributed by atoms with E-state index in [1.165, 1.54) is 0 Å². The summed E-state index contributed by atoms with van der Waals surface area (Å²) < 4.78 is 11.0. The van der Waals surface area contributed by atoms with E-state index in [0.717, 1.165) is 12.0 Å². The third kappa shape index (κ3) is 3.51. The molecule has 1 atom stereocenters. The molecule has 17 heavy (non-hydrogen) atoms. The topological polar surface area (TPSA) is 44.5 Å². The zero-order valence-corrected chi connectivity index (χ0v) is 11.4.